The van der Waals surface area contributed by atoms with E-state index in [1.807, 2.05) is 9.47 Å². The number of imidazole rings is 1. The van der Waals surface area contributed by atoms with Crippen LogP contribution in [0.25, 0.3) is 0 Å². The molecule has 1 unspecified atom stereocenters. The van der Waals surface area contributed by atoms with Gasteiger partial charge in [0, 0.05) is 25.8 Å². The van der Waals surface area contributed by atoms with E-state index in [9.17, 15) is 4.79 Å². The molecule has 6 heteroatoms. The summed E-state index contributed by atoms with van der Waals surface area (Å²) < 4.78 is 7.24. The number of amides is 1. The second-order valence-electron chi connectivity index (χ2n) is 4.42. The summed E-state index contributed by atoms with van der Waals surface area (Å²) >= 11 is 0. The van der Waals surface area contributed by atoms with Gasteiger partial charge < -0.3 is 19.9 Å². The van der Waals surface area contributed by atoms with Gasteiger partial charge >= 0.3 is 0 Å². The number of carbonyl (C=O) groups excluding carboxylic acids is 1. The van der Waals surface area contributed by atoms with E-state index in [0.717, 1.165) is 6.42 Å². The van der Waals surface area contributed by atoms with Gasteiger partial charge in [-0.15, -0.1) is 0 Å². The van der Waals surface area contributed by atoms with E-state index in [4.69, 9.17) is 10.5 Å². The van der Waals surface area contributed by atoms with Crippen LogP contribution in [0.3, 0.4) is 0 Å². The van der Waals surface area contributed by atoms with E-state index in [1.165, 1.54) is 0 Å². The molecule has 0 bridgehead atoms. The molecule has 1 aliphatic heterocycles. The van der Waals surface area contributed by atoms with Crippen molar-refractivity contribution in [3.8, 4) is 0 Å². The second kappa shape index (κ2) is 5.97. The molecular weight excluding hydrogens is 232 g/mol. The molecule has 1 fully saturated rings. The Kier molecular flexibility index (Phi) is 4.33. The molecule has 0 aromatic carbocycles. The van der Waals surface area contributed by atoms with E-state index in [0.29, 0.717) is 38.5 Å². The number of aromatic nitrogens is 2. The molecule has 1 aromatic rings. The highest BCUT2D eigenvalue weighted by molar-refractivity contribution is 5.92. The van der Waals surface area contributed by atoms with E-state index in [1.54, 1.807) is 12.5 Å². The average molecular weight is 252 g/mol. The predicted molar refractivity (Wildman–Crippen MR) is 67.2 cm³/mol. The van der Waals surface area contributed by atoms with Gasteiger partial charge in [0.25, 0.3) is 5.91 Å². The molecule has 18 heavy (non-hydrogen) atoms. The van der Waals surface area contributed by atoms with E-state index >= 15 is 0 Å². The Labute approximate surface area is 107 Å². The minimum Gasteiger partial charge on any atom is -0.377 e. The summed E-state index contributed by atoms with van der Waals surface area (Å²) in [7, 11) is 0. The monoisotopic (exact) mass is 252 g/mol. The van der Waals surface area contributed by atoms with Crippen molar-refractivity contribution in [3.05, 3.63) is 18.2 Å². The fourth-order valence-corrected chi connectivity index (χ4v) is 2.15. The van der Waals surface area contributed by atoms with E-state index in [2.05, 4.69) is 11.9 Å². The first-order valence-corrected chi connectivity index (χ1v) is 6.36. The summed E-state index contributed by atoms with van der Waals surface area (Å²) in [5.41, 5.74) is 5.96. The van der Waals surface area contributed by atoms with Crippen LogP contribution >= 0.6 is 0 Å². The number of hydrogen-bond donors (Lipinski definition) is 1. The van der Waals surface area contributed by atoms with Crippen molar-refractivity contribution in [2.45, 2.75) is 25.9 Å². The average Bonchev–Trinajstić information content (AvgIpc) is 2.87. The van der Waals surface area contributed by atoms with Crippen LogP contribution in [-0.2, 0) is 11.3 Å². The number of nitrogens with two attached hydrogens (primary N) is 1. The number of nitrogens with zero attached hydrogens (tertiary/aromatic N) is 3. The molecule has 0 aliphatic carbocycles. The Morgan fingerprint density at radius 3 is 3.22 bits per heavy atom. The third-order valence-corrected chi connectivity index (χ3v) is 3.20. The molecule has 0 radical (unpaired) electrons. The molecule has 1 aromatic heterocycles. The van der Waals surface area contributed by atoms with Crippen LogP contribution in [0.15, 0.2) is 12.5 Å². The molecule has 2 heterocycles. The number of carbonyl (C=O) groups is 1. The van der Waals surface area contributed by atoms with Crippen molar-refractivity contribution in [2.24, 2.45) is 5.73 Å². The molecule has 2 N–H and O–H groups in total. The zero-order valence-electron chi connectivity index (χ0n) is 10.7. The van der Waals surface area contributed by atoms with Crippen LogP contribution in [-0.4, -0.2) is 52.7 Å². The summed E-state index contributed by atoms with van der Waals surface area (Å²) in [6.45, 7) is 5.14. The molecule has 1 saturated heterocycles. The van der Waals surface area contributed by atoms with Crippen molar-refractivity contribution < 1.29 is 9.53 Å². The molecule has 1 amide bonds. The standard InChI is InChI=1S/C12H20N4O2/c1-2-10-8-18-6-5-16(10)12(17)11-7-15(4-3-13)9-14-11/h7,9-10H,2-6,8,13H2,1H3. The lowest BCUT2D eigenvalue weighted by Crippen LogP contribution is -2.48. The Hall–Kier alpha value is -1.40. The molecule has 1 aliphatic rings. The van der Waals surface area contributed by atoms with Crippen molar-refractivity contribution >= 4 is 5.91 Å². The third-order valence-electron chi connectivity index (χ3n) is 3.20. The van der Waals surface area contributed by atoms with Crippen LogP contribution in [0.5, 0.6) is 0 Å². The first-order valence-electron chi connectivity index (χ1n) is 6.36. The number of rotatable bonds is 4. The smallest absolute Gasteiger partial charge is 0.274 e. The van der Waals surface area contributed by atoms with Gasteiger partial charge in [-0.25, -0.2) is 4.98 Å². The Morgan fingerprint density at radius 2 is 2.50 bits per heavy atom. The summed E-state index contributed by atoms with van der Waals surface area (Å²) in [5, 5.41) is 0. The zero-order chi connectivity index (χ0) is 13.0. The fraction of sp³-hybridized carbons (Fsp3) is 0.667. The maximum atomic E-state index is 12.3. The molecule has 1 atom stereocenters. The van der Waals surface area contributed by atoms with Gasteiger partial charge in [0.15, 0.2) is 0 Å². The van der Waals surface area contributed by atoms with Crippen LogP contribution < -0.4 is 5.73 Å². The minimum absolute atomic E-state index is 0.0130. The maximum Gasteiger partial charge on any atom is 0.274 e. The largest absolute Gasteiger partial charge is 0.377 e. The Bertz CT molecular complexity index is 405. The van der Waals surface area contributed by atoms with E-state index in [-0.39, 0.29) is 11.9 Å². The zero-order valence-corrected chi connectivity index (χ0v) is 10.7. The van der Waals surface area contributed by atoms with Gasteiger partial charge in [-0.1, -0.05) is 6.92 Å². The van der Waals surface area contributed by atoms with Crippen LogP contribution in [0.2, 0.25) is 0 Å². The van der Waals surface area contributed by atoms with Crippen LogP contribution in [0.1, 0.15) is 23.8 Å². The van der Waals surface area contributed by atoms with Gasteiger partial charge in [0.1, 0.15) is 5.69 Å². The number of morpholine rings is 1. The highest BCUT2D eigenvalue weighted by atomic mass is 16.5. The number of ether oxygens (including phenoxy) is 1. The highest BCUT2D eigenvalue weighted by Crippen LogP contribution is 2.13. The summed E-state index contributed by atoms with van der Waals surface area (Å²) in [6.07, 6.45) is 4.31. The quantitative estimate of drug-likeness (QED) is 0.824. The van der Waals surface area contributed by atoms with Crippen molar-refractivity contribution in [1.29, 1.82) is 0 Å². The van der Waals surface area contributed by atoms with Crippen molar-refractivity contribution in [3.63, 3.8) is 0 Å². The Balaban J connectivity index is 2.08. The molecule has 2 rings (SSSR count). The lowest BCUT2D eigenvalue weighted by atomic mass is 10.1. The van der Waals surface area contributed by atoms with Crippen molar-refractivity contribution in [1.82, 2.24) is 14.5 Å². The highest BCUT2D eigenvalue weighted by Gasteiger charge is 2.27. The fourth-order valence-electron chi connectivity index (χ4n) is 2.15. The lowest BCUT2D eigenvalue weighted by Gasteiger charge is -2.34. The van der Waals surface area contributed by atoms with E-state index < -0.39 is 0 Å². The van der Waals surface area contributed by atoms with Gasteiger partial charge in [-0.2, -0.15) is 0 Å². The van der Waals surface area contributed by atoms with Crippen LogP contribution in [0, 0.1) is 0 Å². The summed E-state index contributed by atoms with van der Waals surface area (Å²) in [5.74, 6) is -0.0130. The van der Waals surface area contributed by atoms with Gasteiger partial charge in [-0.3, -0.25) is 4.79 Å². The SMILES string of the molecule is CCC1COCCN1C(=O)c1cn(CCN)cn1. The van der Waals surface area contributed by atoms with Crippen LogP contribution in [0.4, 0.5) is 0 Å². The minimum atomic E-state index is -0.0130. The maximum absolute atomic E-state index is 12.3. The topological polar surface area (TPSA) is 73.4 Å². The molecule has 0 saturated carbocycles. The van der Waals surface area contributed by atoms with Gasteiger partial charge in [0.05, 0.1) is 25.6 Å². The van der Waals surface area contributed by atoms with Gasteiger partial charge in [-0.05, 0) is 6.42 Å². The first-order chi connectivity index (χ1) is 8.76. The Morgan fingerprint density at radius 1 is 1.67 bits per heavy atom. The number of hydrogen-bond acceptors (Lipinski definition) is 4. The van der Waals surface area contributed by atoms with Crippen molar-refractivity contribution in [2.75, 3.05) is 26.3 Å². The van der Waals surface area contributed by atoms with Gasteiger partial charge in [0.2, 0.25) is 0 Å². The molecule has 0 spiro atoms. The molecule has 6 nitrogen and oxygen atoms in total. The summed E-state index contributed by atoms with van der Waals surface area (Å²) in [4.78, 5) is 18.4. The second-order valence-corrected chi connectivity index (χ2v) is 4.42. The molecule has 100 valence electrons. The first kappa shape index (κ1) is 13.0. The summed E-state index contributed by atoms with van der Waals surface area (Å²) in [6, 6.07) is 0.158. The normalized spacial score (nSPS) is 20.1. The predicted octanol–water partition coefficient (Wildman–Crippen LogP) is 0.0928. The lowest BCUT2D eigenvalue weighted by molar-refractivity contribution is -0.00308. The molecular formula is C12H20N4O2. The third kappa shape index (κ3) is 2.70.